The van der Waals surface area contributed by atoms with Crippen LogP contribution in [0, 0.1) is 13.8 Å². The molecule has 0 fully saturated rings. The largest absolute Gasteiger partial charge is 0.0837 e. The fourth-order valence-electron chi connectivity index (χ4n) is 1.75. The van der Waals surface area contributed by atoms with Gasteiger partial charge in [0.25, 0.3) is 0 Å². The van der Waals surface area contributed by atoms with E-state index in [4.69, 9.17) is 11.6 Å². The summed E-state index contributed by atoms with van der Waals surface area (Å²) in [5.74, 6) is 0. The summed E-state index contributed by atoms with van der Waals surface area (Å²) in [6.45, 7) is 4.16. The highest BCUT2D eigenvalue weighted by molar-refractivity contribution is 9.10. The topological polar surface area (TPSA) is 0 Å². The second kappa shape index (κ2) is 4.60. The highest BCUT2D eigenvalue weighted by Gasteiger charge is 2.07. The smallest absolute Gasteiger partial charge is 0.0487 e. The van der Waals surface area contributed by atoms with E-state index >= 15 is 0 Å². The van der Waals surface area contributed by atoms with Crippen LogP contribution in [0.2, 0.25) is 5.02 Å². The van der Waals surface area contributed by atoms with Crippen LogP contribution in [0.3, 0.4) is 0 Å². The number of hydrogen-bond donors (Lipinski definition) is 0. The maximum atomic E-state index is 6.24. The number of hydrogen-bond acceptors (Lipinski definition) is 0. The monoisotopic (exact) mass is 294 g/mol. The molecule has 0 saturated heterocycles. The summed E-state index contributed by atoms with van der Waals surface area (Å²) < 4.78 is 1.12. The van der Waals surface area contributed by atoms with Gasteiger partial charge in [0.05, 0.1) is 0 Å². The Kier molecular flexibility index (Phi) is 3.36. The second-order valence-electron chi connectivity index (χ2n) is 3.90. The molecule has 16 heavy (non-hydrogen) atoms. The molecule has 0 aliphatic rings. The predicted octanol–water partition coefficient (Wildman–Crippen LogP) is 5.39. The van der Waals surface area contributed by atoms with Crippen molar-refractivity contribution in [1.82, 2.24) is 0 Å². The van der Waals surface area contributed by atoms with Gasteiger partial charge in [-0.2, -0.15) is 0 Å². The van der Waals surface area contributed by atoms with Crippen molar-refractivity contribution in [2.75, 3.05) is 0 Å². The van der Waals surface area contributed by atoms with E-state index in [9.17, 15) is 0 Å². The Bertz CT molecular complexity index is 512. The first kappa shape index (κ1) is 11.7. The van der Waals surface area contributed by atoms with E-state index in [2.05, 4.69) is 54.0 Å². The van der Waals surface area contributed by atoms with Crippen LogP contribution in [0.25, 0.3) is 11.1 Å². The molecule has 0 N–H and O–H groups in total. The molecule has 0 atom stereocenters. The predicted molar refractivity (Wildman–Crippen MR) is 74.1 cm³/mol. The van der Waals surface area contributed by atoms with Gasteiger partial charge in [-0.1, -0.05) is 51.8 Å². The van der Waals surface area contributed by atoms with Crippen LogP contribution >= 0.6 is 27.5 Å². The van der Waals surface area contributed by atoms with Gasteiger partial charge in [0.2, 0.25) is 0 Å². The Morgan fingerprint density at radius 2 is 1.75 bits per heavy atom. The Morgan fingerprint density at radius 3 is 2.38 bits per heavy atom. The fourth-order valence-corrected chi connectivity index (χ4v) is 2.46. The summed E-state index contributed by atoms with van der Waals surface area (Å²) >= 11 is 9.79. The molecule has 0 saturated carbocycles. The molecule has 0 heterocycles. The lowest BCUT2D eigenvalue weighted by molar-refractivity contribution is 1.41. The average molecular weight is 296 g/mol. The minimum atomic E-state index is 0.802. The third-order valence-electron chi connectivity index (χ3n) is 2.68. The second-order valence-corrected chi connectivity index (χ2v) is 5.16. The summed E-state index contributed by atoms with van der Waals surface area (Å²) in [5, 5.41) is 0.802. The zero-order valence-corrected chi connectivity index (χ0v) is 11.6. The van der Waals surface area contributed by atoms with Crippen molar-refractivity contribution in [2.45, 2.75) is 13.8 Å². The van der Waals surface area contributed by atoms with Crippen molar-refractivity contribution in [1.29, 1.82) is 0 Å². The molecule has 2 aromatic rings. The Morgan fingerprint density at radius 1 is 1.00 bits per heavy atom. The molecule has 0 aromatic heterocycles. The van der Waals surface area contributed by atoms with Gasteiger partial charge >= 0.3 is 0 Å². The molecule has 0 nitrogen and oxygen atoms in total. The molecule has 0 aliphatic carbocycles. The summed E-state index contributed by atoms with van der Waals surface area (Å²) in [6.07, 6.45) is 0. The molecule has 0 spiro atoms. The molecule has 0 unspecified atom stereocenters. The van der Waals surface area contributed by atoms with Crippen LogP contribution < -0.4 is 0 Å². The molecule has 82 valence electrons. The summed E-state index contributed by atoms with van der Waals surface area (Å²) in [4.78, 5) is 0. The first-order chi connectivity index (χ1) is 7.59. The third kappa shape index (κ3) is 2.16. The van der Waals surface area contributed by atoms with Crippen LogP contribution in [0.1, 0.15) is 11.1 Å². The zero-order chi connectivity index (χ0) is 11.7. The molecule has 0 amide bonds. The summed E-state index contributed by atoms with van der Waals surface area (Å²) in [5.41, 5.74) is 4.70. The van der Waals surface area contributed by atoms with E-state index in [-0.39, 0.29) is 0 Å². The molecule has 0 aliphatic heterocycles. The first-order valence-corrected chi connectivity index (χ1v) is 6.28. The maximum absolute atomic E-state index is 6.24. The van der Waals surface area contributed by atoms with Crippen molar-refractivity contribution < 1.29 is 0 Å². The van der Waals surface area contributed by atoms with Gasteiger partial charge < -0.3 is 0 Å². The van der Waals surface area contributed by atoms with E-state index in [1.54, 1.807) is 0 Å². The summed E-state index contributed by atoms with van der Waals surface area (Å²) in [6, 6.07) is 12.3. The van der Waals surface area contributed by atoms with E-state index in [0.717, 1.165) is 20.6 Å². The van der Waals surface area contributed by atoms with Gasteiger partial charge in [-0.05, 0) is 42.7 Å². The SMILES string of the molecule is Cc1ccc(-c2c(C)cccc2Cl)cc1Br. The van der Waals surface area contributed by atoms with Gasteiger partial charge in [-0.15, -0.1) is 0 Å². The molecule has 0 radical (unpaired) electrons. The van der Waals surface area contributed by atoms with Crippen LogP contribution in [-0.4, -0.2) is 0 Å². The number of aryl methyl sites for hydroxylation is 2. The zero-order valence-electron chi connectivity index (χ0n) is 9.22. The van der Waals surface area contributed by atoms with Crippen molar-refractivity contribution in [3.8, 4) is 11.1 Å². The van der Waals surface area contributed by atoms with Crippen molar-refractivity contribution in [2.24, 2.45) is 0 Å². The first-order valence-electron chi connectivity index (χ1n) is 5.11. The normalized spacial score (nSPS) is 10.5. The molecule has 2 rings (SSSR count). The average Bonchev–Trinajstić information content (AvgIpc) is 2.23. The summed E-state index contributed by atoms with van der Waals surface area (Å²) in [7, 11) is 0. The van der Waals surface area contributed by atoms with E-state index in [1.165, 1.54) is 11.1 Å². The van der Waals surface area contributed by atoms with Crippen LogP contribution in [0.5, 0.6) is 0 Å². The van der Waals surface area contributed by atoms with Gasteiger partial charge in [0.15, 0.2) is 0 Å². The molecular formula is C14H12BrCl. The van der Waals surface area contributed by atoms with Crippen LogP contribution in [0.15, 0.2) is 40.9 Å². The Balaban J connectivity index is 2.63. The number of benzene rings is 2. The van der Waals surface area contributed by atoms with Gasteiger partial charge in [0.1, 0.15) is 0 Å². The Labute approximate surface area is 109 Å². The highest BCUT2D eigenvalue weighted by Crippen LogP contribution is 2.33. The van der Waals surface area contributed by atoms with Crippen molar-refractivity contribution in [3.05, 3.63) is 57.0 Å². The minimum absolute atomic E-state index is 0.802. The van der Waals surface area contributed by atoms with E-state index in [0.29, 0.717) is 0 Å². The lowest BCUT2D eigenvalue weighted by Gasteiger charge is -2.09. The van der Waals surface area contributed by atoms with Gasteiger partial charge in [-0.25, -0.2) is 0 Å². The third-order valence-corrected chi connectivity index (χ3v) is 3.85. The van der Waals surface area contributed by atoms with Gasteiger partial charge in [0, 0.05) is 15.1 Å². The van der Waals surface area contributed by atoms with E-state index in [1.807, 2.05) is 12.1 Å². The van der Waals surface area contributed by atoms with Crippen molar-refractivity contribution in [3.63, 3.8) is 0 Å². The molecule has 0 bridgehead atoms. The van der Waals surface area contributed by atoms with Gasteiger partial charge in [-0.3, -0.25) is 0 Å². The lowest BCUT2D eigenvalue weighted by Crippen LogP contribution is -1.86. The van der Waals surface area contributed by atoms with E-state index < -0.39 is 0 Å². The van der Waals surface area contributed by atoms with Crippen LogP contribution in [-0.2, 0) is 0 Å². The molecule has 2 aromatic carbocycles. The number of halogens is 2. The Hall–Kier alpha value is -0.790. The number of rotatable bonds is 1. The maximum Gasteiger partial charge on any atom is 0.0487 e. The lowest BCUT2D eigenvalue weighted by atomic mass is 10.00. The minimum Gasteiger partial charge on any atom is -0.0837 e. The molecular weight excluding hydrogens is 284 g/mol. The standard InChI is InChI=1S/C14H12BrCl/c1-9-6-7-11(8-12(9)15)14-10(2)4-3-5-13(14)16/h3-8H,1-2H3. The quantitative estimate of drug-likeness (QED) is 0.662. The van der Waals surface area contributed by atoms with Crippen LogP contribution in [0.4, 0.5) is 0 Å². The molecule has 2 heteroatoms. The highest BCUT2D eigenvalue weighted by atomic mass is 79.9. The van der Waals surface area contributed by atoms with Crippen molar-refractivity contribution >= 4 is 27.5 Å². The fraction of sp³-hybridized carbons (Fsp3) is 0.143.